The van der Waals surface area contributed by atoms with Crippen LogP contribution < -0.4 is 0 Å². The first-order valence-corrected chi connectivity index (χ1v) is 10.0. The average molecular weight is 379 g/mol. The minimum Gasteiger partial charge on any atom is -0.299 e. The third kappa shape index (κ3) is 4.14. The van der Waals surface area contributed by atoms with Crippen molar-refractivity contribution >= 4 is 16.7 Å². The molecule has 4 nitrogen and oxygen atoms in total. The molecule has 146 valence electrons. The van der Waals surface area contributed by atoms with E-state index in [0.29, 0.717) is 18.0 Å². The Kier molecular flexibility index (Phi) is 5.53. The molecular weight excluding hydrogens is 353 g/mol. The second-order valence-corrected chi connectivity index (χ2v) is 7.80. The first-order chi connectivity index (χ1) is 13.6. The number of para-hydroxylation sites is 1. The number of Topliss-reactive ketones (excluding diaryl/α,β-unsaturated/α-hetero) is 1. The van der Waals surface area contributed by atoms with Crippen LogP contribution in [0.3, 0.4) is 0 Å². The molecule has 1 aromatic heterocycles. The molecule has 1 saturated heterocycles. The van der Waals surface area contributed by atoms with Gasteiger partial charge in [-0.1, -0.05) is 30.3 Å². The van der Waals surface area contributed by atoms with Crippen LogP contribution in [0.5, 0.6) is 0 Å². The minimum atomic E-state index is -0.173. The number of benzene rings is 2. The topological polar surface area (TPSA) is 38.1 Å². The largest absolute Gasteiger partial charge is 0.299 e. The van der Waals surface area contributed by atoms with Crippen molar-refractivity contribution in [2.45, 2.75) is 32.2 Å². The highest BCUT2D eigenvalue weighted by Crippen LogP contribution is 2.25. The number of ketones is 1. The van der Waals surface area contributed by atoms with E-state index in [1.54, 1.807) is 16.8 Å². The summed E-state index contributed by atoms with van der Waals surface area (Å²) in [6.45, 7) is 2.80. The van der Waals surface area contributed by atoms with E-state index in [-0.39, 0.29) is 11.6 Å². The van der Waals surface area contributed by atoms with Gasteiger partial charge in [-0.05, 0) is 62.0 Å². The van der Waals surface area contributed by atoms with E-state index in [9.17, 15) is 9.18 Å². The maximum Gasteiger partial charge on any atom is 0.183 e. The predicted octanol–water partition coefficient (Wildman–Crippen LogP) is 4.59. The van der Waals surface area contributed by atoms with Crippen molar-refractivity contribution in [1.29, 1.82) is 0 Å². The lowest BCUT2D eigenvalue weighted by Gasteiger charge is -2.31. The standard InChI is InChI=1S/C23H26FN3O/c1-26-21-8-3-2-7-20(21)23(25-26)22(28)10-9-17-11-13-27(14-12-17)16-18-5-4-6-19(24)15-18/h2-8,15,17H,9-14,16H2,1H3. The normalized spacial score (nSPS) is 15.9. The highest BCUT2D eigenvalue weighted by Gasteiger charge is 2.22. The first kappa shape index (κ1) is 18.8. The Balaban J connectivity index is 1.29. The summed E-state index contributed by atoms with van der Waals surface area (Å²) < 4.78 is 15.1. The molecule has 1 aliphatic rings. The molecule has 0 atom stereocenters. The van der Waals surface area contributed by atoms with Gasteiger partial charge in [-0.2, -0.15) is 5.10 Å². The van der Waals surface area contributed by atoms with Gasteiger partial charge in [0.25, 0.3) is 0 Å². The summed E-state index contributed by atoms with van der Waals surface area (Å²) in [7, 11) is 1.88. The number of nitrogens with zero attached hydrogens (tertiary/aromatic N) is 3. The first-order valence-electron chi connectivity index (χ1n) is 10.0. The number of rotatable bonds is 6. The minimum absolute atomic E-state index is 0.138. The van der Waals surface area contributed by atoms with Crippen molar-refractivity contribution in [3.8, 4) is 0 Å². The molecule has 2 aromatic carbocycles. The molecule has 2 heterocycles. The van der Waals surface area contributed by atoms with Gasteiger partial charge in [0.15, 0.2) is 5.78 Å². The summed E-state index contributed by atoms with van der Waals surface area (Å²) >= 11 is 0. The number of carbonyl (C=O) groups excluding carboxylic acids is 1. The lowest BCUT2D eigenvalue weighted by atomic mass is 9.90. The molecule has 1 aliphatic heterocycles. The van der Waals surface area contributed by atoms with Gasteiger partial charge in [0.2, 0.25) is 0 Å². The van der Waals surface area contributed by atoms with Crippen LogP contribution in [-0.4, -0.2) is 33.6 Å². The van der Waals surface area contributed by atoms with Crippen LogP contribution in [0.2, 0.25) is 0 Å². The van der Waals surface area contributed by atoms with Gasteiger partial charge in [-0.15, -0.1) is 0 Å². The van der Waals surface area contributed by atoms with Gasteiger partial charge in [-0.25, -0.2) is 4.39 Å². The summed E-state index contributed by atoms with van der Waals surface area (Å²) in [5, 5.41) is 5.39. The number of hydrogen-bond acceptors (Lipinski definition) is 3. The van der Waals surface area contributed by atoms with Crippen molar-refractivity contribution in [3.05, 3.63) is 65.6 Å². The molecule has 0 spiro atoms. The zero-order chi connectivity index (χ0) is 19.5. The lowest BCUT2D eigenvalue weighted by Crippen LogP contribution is -2.33. The molecule has 0 unspecified atom stereocenters. The van der Waals surface area contributed by atoms with Crippen LogP contribution in [0.15, 0.2) is 48.5 Å². The van der Waals surface area contributed by atoms with Crippen molar-refractivity contribution in [2.24, 2.45) is 13.0 Å². The third-order valence-electron chi connectivity index (χ3n) is 5.80. The highest BCUT2D eigenvalue weighted by molar-refractivity contribution is 6.05. The van der Waals surface area contributed by atoms with Crippen LogP contribution in [0.4, 0.5) is 4.39 Å². The van der Waals surface area contributed by atoms with E-state index in [1.807, 2.05) is 37.4 Å². The summed E-state index contributed by atoms with van der Waals surface area (Å²) in [4.78, 5) is 15.1. The van der Waals surface area contributed by atoms with Crippen LogP contribution in [-0.2, 0) is 13.6 Å². The Labute approximate surface area is 165 Å². The molecular formula is C23H26FN3O. The second-order valence-electron chi connectivity index (χ2n) is 7.80. The highest BCUT2D eigenvalue weighted by atomic mass is 19.1. The van der Waals surface area contributed by atoms with Crippen molar-refractivity contribution in [1.82, 2.24) is 14.7 Å². The predicted molar refractivity (Wildman–Crippen MR) is 109 cm³/mol. The Morgan fingerprint density at radius 1 is 1.14 bits per heavy atom. The zero-order valence-electron chi connectivity index (χ0n) is 16.3. The second kappa shape index (κ2) is 8.23. The van der Waals surface area contributed by atoms with Crippen molar-refractivity contribution in [3.63, 3.8) is 0 Å². The molecule has 1 fully saturated rings. The van der Waals surface area contributed by atoms with E-state index < -0.39 is 0 Å². The van der Waals surface area contributed by atoms with E-state index in [0.717, 1.165) is 55.4 Å². The lowest BCUT2D eigenvalue weighted by molar-refractivity contribution is 0.0957. The molecule has 0 amide bonds. The quantitative estimate of drug-likeness (QED) is 0.588. The van der Waals surface area contributed by atoms with Crippen LogP contribution in [0, 0.1) is 11.7 Å². The fraction of sp³-hybridized carbons (Fsp3) is 0.391. The van der Waals surface area contributed by atoms with Crippen LogP contribution in [0.1, 0.15) is 41.7 Å². The summed E-state index contributed by atoms with van der Waals surface area (Å²) in [5.41, 5.74) is 2.62. The molecule has 5 heteroatoms. The van der Waals surface area contributed by atoms with Gasteiger partial charge >= 0.3 is 0 Å². The monoisotopic (exact) mass is 379 g/mol. The SMILES string of the molecule is Cn1nc(C(=O)CCC2CCN(Cc3cccc(F)c3)CC2)c2ccccc21. The van der Waals surface area contributed by atoms with Gasteiger partial charge in [-0.3, -0.25) is 14.4 Å². The number of hydrogen-bond donors (Lipinski definition) is 0. The summed E-state index contributed by atoms with van der Waals surface area (Å²) in [5.74, 6) is 0.537. The zero-order valence-corrected chi connectivity index (χ0v) is 16.3. The number of aromatic nitrogens is 2. The number of likely N-dealkylation sites (tertiary alicyclic amines) is 1. The van der Waals surface area contributed by atoms with Crippen LogP contribution >= 0.6 is 0 Å². The molecule has 4 rings (SSSR count). The third-order valence-corrected chi connectivity index (χ3v) is 5.80. The molecule has 0 saturated carbocycles. The van der Waals surface area contributed by atoms with E-state index >= 15 is 0 Å². The van der Waals surface area contributed by atoms with Crippen LogP contribution in [0.25, 0.3) is 10.9 Å². The molecule has 3 aromatic rings. The van der Waals surface area contributed by atoms with Crippen molar-refractivity contribution < 1.29 is 9.18 Å². The Hall–Kier alpha value is -2.53. The van der Waals surface area contributed by atoms with Gasteiger partial charge < -0.3 is 0 Å². The maximum absolute atomic E-state index is 13.3. The maximum atomic E-state index is 13.3. The molecule has 0 N–H and O–H groups in total. The fourth-order valence-corrected chi connectivity index (χ4v) is 4.20. The molecule has 0 aliphatic carbocycles. The number of halogens is 1. The Bertz CT molecular complexity index is 973. The van der Waals surface area contributed by atoms with Gasteiger partial charge in [0.05, 0.1) is 5.52 Å². The smallest absolute Gasteiger partial charge is 0.183 e. The van der Waals surface area contributed by atoms with E-state index in [2.05, 4.69) is 10.00 Å². The fourth-order valence-electron chi connectivity index (χ4n) is 4.20. The molecule has 0 bridgehead atoms. The number of carbonyl (C=O) groups is 1. The average Bonchev–Trinajstić information content (AvgIpc) is 3.04. The molecule has 0 radical (unpaired) electrons. The van der Waals surface area contributed by atoms with Gasteiger partial charge in [0, 0.05) is 25.4 Å². The van der Waals surface area contributed by atoms with E-state index in [1.165, 1.54) is 6.07 Å². The van der Waals surface area contributed by atoms with Crippen molar-refractivity contribution in [2.75, 3.05) is 13.1 Å². The molecule has 28 heavy (non-hydrogen) atoms. The number of piperidine rings is 1. The van der Waals surface area contributed by atoms with Gasteiger partial charge in [0.1, 0.15) is 11.5 Å². The van der Waals surface area contributed by atoms with E-state index in [4.69, 9.17) is 0 Å². The summed E-state index contributed by atoms with van der Waals surface area (Å²) in [6, 6.07) is 14.7. The number of aryl methyl sites for hydroxylation is 1. The Morgan fingerprint density at radius 3 is 2.71 bits per heavy atom. The Morgan fingerprint density at radius 2 is 1.93 bits per heavy atom. The summed E-state index contributed by atoms with van der Waals surface area (Å²) in [6.07, 6.45) is 3.64. The number of fused-ring (bicyclic) bond motifs is 1.